The summed E-state index contributed by atoms with van der Waals surface area (Å²) in [5.74, 6) is -0.00521. The summed E-state index contributed by atoms with van der Waals surface area (Å²) in [6.45, 7) is 8.12. The molecule has 0 bridgehead atoms. The van der Waals surface area contributed by atoms with E-state index in [0.29, 0.717) is 6.54 Å². The minimum Gasteiger partial charge on any atom is -0.378 e. The van der Waals surface area contributed by atoms with Crippen LogP contribution in [-0.2, 0) is 4.74 Å². The van der Waals surface area contributed by atoms with Crippen LogP contribution in [0.3, 0.4) is 0 Å². The fourth-order valence-corrected chi connectivity index (χ4v) is 3.89. The van der Waals surface area contributed by atoms with Crippen molar-refractivity contribution in [2.45, 2.75) is 19.9 Å². The van der Waals surface area contributed by atoms with Crippen molar-refractivity contribution in [3.05, 3.63) is 64.7 Å². The lowest BCUT2D eigenvalue weighted by Crippen LogP contribution is -3.15. The molecule has 5 heteroatoms. The van der Waals surface area contributed by atoms with Crippen molar-refractivity contribution in [1.29, 1.82) is 0 Å². The number of nitrogens with zero attached hydrogens (tertiary/aromatic N) is 1. The maximum Gasteiger partial charge on any atom is 0.251 e. The van der Waals surface area contributed by atoms with E-state index in [2.05, 4.69) is 40.5 Å². The average molecular weight is 383 g/mol. The van der Waals surface area contributed by atoms with E-state index in [0.717, 1.165) is 43.0 Å². The Bertz CT molecular complexity index is 776. The molecule has 2 aromatic rings. The van der Waals surface area contributed by atoms with Gasteiger partial charge < -0.3 is 19.9 Å². The highest BCUT2D eigenvalue weighted by Crippen LogP contribution is 2.17. The summed E-state index contributed by atoms with van der Waals surface area (Å²) in [4.78, 5) is 16.3. The third-order valence-electron chi connectivity index (χ3n) is 5.39. The Kier molecular flexibility index (Phi) is 6.70. The molecule has 1 aliphatic heterocycles. The highest BCUT2D eigenvalue weighted by molar-refractivity contribution is 5.94. The first-order valence-corrected chi connectivity index (χ1v) is 10.00. The molecule has 0 radical (unpaired) electrons. The molecular formula is C23H32N3O2+. The van der Waals surface area contributed by atoms with Crippen LogP contribution in [0.5, 0.6) is 0 Å². The maximum absolute atomic E-state index is 12.8. The number of ether oxygens (including phenoxy) is 1. The van der Waals surface area contributed by atoms with Crippen LogP contribution in [0.15, 0.2) is 42.5 Å². The largest absolute Gasteiger partial charge is 0.378 e. The normalized spacial score (nSPS) is 15.9. The van der Waals surface area contributed by atoms with Crippen molar-refractivity contribution in [3.63, 3.8) is 0 Å². The van der Waals surface area contributed by atoms with Crippen LogP contribution in [-0.4, -0.2) is 52.9 Å². The van der Waals surface area contributed by atoms with E-state index in [1.165, 1.54) is 16.2 Å². The van der Waals surface area contributed by atoms with E-state index in [1.807, 2.05) is 40.1 Å². The van der Waals surface area contributed by atoms with Gasteiger partial charge in [0.25, 0.3) is 5.91 Å². The third kappa shape index (κ3) is 5.12. The molecule has 0 spiro atoms. The van der Waals surface area contributed by atoms with Crippen LogP contribution in [0.2, 0.25) is 0 Å². The Morgan fingerprint density at radius 3 is 2.25 bits per heavy atom. The standard InChI is InChI=1S/C23H31N3O2/c1-17-13-18(2)15-20(14-17)23(27)24-16-22(26-9-11-28-12-10-26)19-5-7-21(8-6-19)25(3)4/h5-8,13-15,22H,9-12,16H2,1-4H3,(H,24,27)/p+1/t22-/m1/s1. The van der Waals surface area contributed by atoms with Gasteiger partial charge in [-0.25, -0.2) is 0 Å². The fourth-order valence-electron chi connectivity index (χ4n) is 3.89. The first kappa shape index (κ1) is 20.4. The van der Waals surface area contributed by atoms with Crippen molar-refractivity contribution in [2.24, 2.45) is 0 Å². The van der Waals surface area contributed by atoms with Gasteiger partial charge in [0, 0.05) is 30.9 Å². The second-order valence-corrected chi connectivity index (χ2v) is 7.90. The van der Waals surface area contributed by atoms with Gasteiger partial charge in [0.1, 0.15) is 19.1 Å². The summed E-state index contributed by atoms with van der Waals surface area (Å²) in [6, 6.07) is 14.9. The van der Waals surface area contributed by atoms with E-state index < -0.39 is 0 Å². The van der Waals surface area contributed by atoms with Gasteiger partial charge in [-0.3, -0.25) is 4.79 Å². The fraction of sp³-hybridized carbons (Fsp3) is 0.435. The lowest BCUT2D eigenvalue weighted by Gasteiger charge is -2.32. The van der Waals surface area contributed by atoms with E-state index in [1.54, 1.807) is 0 Å². The number of benzene rings is 2. The van der Waals surface area contributed by atoms with Crippen molar-refractivity contribution >= 4 is 11.6 Å². The minimum absolute atomic E-state index is 0.00521. The van der Waals surface area contributed by atoms with Gasteiger partial charge >= 0.3 is 0 Å². The van der Waals surface area contributed by atoms with Crippen LogP contribution in [0.1, 0.15) is 33.1 Å². The quantitative estimate of drug-likeness (QED) is 0.800. The second kappa shape index (κ2) is 9.22. The first-order valence-electron chi connectivity index (χ1n) is 10.00. The van der Waals surface area contributed by atoms with Crippen LogP contribution in [0.4, 0.5) is 5.69 Å². The minimum atomic E-state index is -0.00521. The van der Waals surface area contributed by atoms with Gasteiger partial charge in [0.05, 0.1) is 19.8 Å². The smallest absolute Gasteiger partial charge is 0.251 e. The molecule has 2 aromatic carbocycles. The molecule has 2 N–H and O–H groups in total. The monoisotopic (exact) mass is 382 g/mol. The molecule has 5 nitrogen and oxygen atoms in total. The van der Waals surface area contributed by atoms with Gasteiger partial charge in [-0.05, 0) is 38.1 Å². The molecule has 1 fully saturated rings. The summed E-state index contributed by atoms with van der Waals surface area (Å²) in [5, 5.41) is 3.18. The van der Waals surface area contributed by atoms with Crippen molar-refractivity contribution in [2.75, 3.05) is 51.8 Å². The second-order valence-electron chi connectivity index (χ2n) is 7.90. The number of quaternary nitrogens is 1. The number of rotatable bonds is 6. The zero-order chi connectivity index (χ0) is 20.1. The summed E-state index contributed by atoms with van der Waals surface area (Å²) in [5.41, 5.74) is 5.39. The first-order chi connectivity index (χ1) is 13.4. The zero-order valence-electron chi connectivity index (χ0n) is 17.4. The van der Waals surface area contributed by atoms with Crippen LogP contribution in [0.25, 0.3) is 0 Å². The van der Waals surface area contributed by atoms with Crippen LogP contribution in [0, 0.1) is 13.8 Å². The highest BCUT2D eigenvalue weighted by atomic mass is 16.5. The molecule has 28 heavy (non-hydrogen) atoms. The van der Waals surface area contributed by atoms with E-state index >= 15 is 0 Å². The van der Waals surface area contributed by atoms with Crippen molar-refractivity contribution in [1.82, 2.24) is 5.32 Å². The number of aryl methyl sites for hydroxylation is 2. The number of nitrogens with one attached hydrogen (secondary N) is 2. The average Bonchev–Trinajstić information content (AvgIpc) is 2.68. The molecule has 1 amide bonds. The third-order valence-corrected chi connectivity index (χ3v) is 5.39. The molecule has 1 atom stereocenters. The molecule has 1 saturated heterocycles. The summed E-state index contributed by atoms with van der Waals surface area (Å²) in [7, 11) is 4.09. The topological polar surface area (TPSA) is 46.0 Å². The van der Waals surface area contributed by atoms with Gasteiger partial charge in [0.15, 0.2) is 0 Å². The number of anilines is 1. The Morgan fingerprint density at radius 1 is 1.07 bits per heavy atom. The lowest BCUT2D eigenvalue weighted by molar-refractivity contribution is -0.937. The Hall–Kier alpha value is -2.37. The molecule has 150 valence electrons. The molecule has 0 aromatic heterocycles. The number of carbonyl (C=O) groups excluding carboxylic acids is 1. The number of hydrogen-bond donors (Lipinski definition) is 2. The van der Waals surface area contributed by atoms with Crippen molar-refractivity contribution < 1.29 is 14.4 Å². The molecular weight excluding hydrogens is 350 g/mol. The molecule has 0 aliphatic carbocycles. The lowest BCUT2D eigenvalue weighted by atomic mass is 10.0. The summed E-state index contributed by atoms with van der Waals surface area (Å²) in [6.07, 6.45) is 0. The number of morpholine rings is 1. The van der Waals surface area contributed by atoms with E-state index in [-0.39, 0.29) is 11.9 Å². The van der Waals surface area contributed by atoms with Crippen LogP contribution >= 0.6 is 0 Å². The molecule has 1 heterocycles. The van der Waals surface area contributed by atoms with E-state index in [4.69, 9.17) is 4.74 Å². The molecule has 3 rings (SSSR count). The highest BCUT2D eigenvalue weighted by Gasteiger charge is 2.27. The molecule has 0 unspecified atom stereocenters. The van der Waals surface area contributed by atoms with Gasteiger partial charge in [0.2, 0.25) is 0 Å². The van der Waals surface area contributed by atoms with Gasteiger partial charge in [-0.15, -0.1) is 0 Å². The Morgan fingerprint density at radius 2 is 1.68 bits per heavy atom. The van der Waals surface area contributed by atoms with Gasteiger partial charge in [-0.2, -0.15) is 0 Å². The number of hydrogen-bond acceptors (Lipinski definition) is 3. The maximum atomic E-state index is 12.8. The van der Waals surface area contributed by atoms with Gasteiger partial charge in [-0.1, -0.05) is 29.3 Å². The summed E-state index contributed by atoms with van der Waals surface area (Å²) < 4.78 is 5.54. The Balaban J connectivity index is 1.76. The number of carbonyl (C=O) groups is 1. The zero-order valence-corrected chi connectivity index (χ0v) is 17.4. The van der Waals surface area contributed by atoms with Crippen molar-refractivity contribution in [3.8, 4) is 0 Å². The summed E-state index contributed by atoms with van der Waals surface area (Å²) >= 11 is 0. The molecule has 1 aliphatic rings. The Labute approximate surface area is 168 Å². The predicted octanol–water partition coefficient (Wildman–Crippen LogP) is 1.76. The molecule has 0 saturated carbocycles. The number of amides is 1. The van der Waals surface area contributed by atoms with Crippen LogP contribution < -0.4 is 15.1 Å². The SMILES string of the molecule is Cc1cc(C)cc(C(=O)NC[C@H](c2ccc(N(C)C)cc2)[NH+]2CCOCC2)c1. The predicted molar refractivity (Wildman–Crippen MR) is 113 cm³/mol. The van der Waals surface area contributed by atoms with E-state index in [9.17, 15) is 4.79 Å².